The molecule has 0 saturated carbocycles. The molecular weight excluding hydrogens is 470 g/mol. The third kappa shape index (κ3) is 5.35. The van der Waals surface area contributed by atoms with Gasteiger partial charge in [0.05, 0.1) is 47.7 Å². The molecule has 194 valence electrons. The molecule has 0 radical (unpaired) electrons. The van der Waals surface area contributed by atoms with Crippen LogP contribution in [0, 0.1) is 0 Å². The Hall–Kier alpha value is -4.13. The SMILES string of the molecule is COc1ccc2c(c1)C(CC(=O)N(C)Cc1ccco1)=C(C)/C2=C/Cc1cc(OC)c(OC)c(OC)c1. The minimum absolute atomic E-state index is 0.0189. The van der Waals surface area contributed by atoms with Crippen LogP contribution < -0.4 is 18.9 Å². The standard InChI is InChI=1S/C30H33NO6/c1-19-23(11-9-20-14-27(34-4)30(36-6)28(15-20)35-5)24-12-10-21(33-3)16-26(24)25(19)17-29(32)31(2)18-22-8-7-13-37-22/h7-8,10-16H,9,17-18H2,1-6H3/b23-11-. The van der Waals surface area contributed by atoms with Crippen LogP contribution in [0.5, 0.6) is 23.0 Å². The molecule has 3 aromatic rings. The van der Waals surface area contributed by atoms with Crippen molar-refractivity contribution < 1.29 is 28.2 Å². The molecule has 1 aromatic heterocycles. The van der Waals surface area contributed by atoms with Crippen LogP contribution in [-0.4, -0.2) is 46.3 Å². The lowest BCUT2D eigenvalue weighted by atomic mass is 10.00. The zero-order valence-electron chi connectivity index (χ0n) is 22.2. The summed E-state index contributed by atoms with van der Waals surface area (Å²) in [5, 5.41) is 0. The molecule has 0 atom stereocenters. The minimum atomic E-state index is 0.0189. The fourth-order valence-corrected chi connectivity index (χ4v) is 4.68. The maximum atomic E-state index is 13.2. The molecule has 2 aromatic carbocycles. The predicted octanol–water partition coefficient (Wildman–Crippen LogP) is 5.78. The summed E-state index contributed by atoms with van der Waals surface area (Å²) in [5.41, 5.74) is 6.31. The van der Waals surface area contributed by atoms with E-state index >= 15 is 0 Å². The van der Waals surface area contributed by atoms with Crippen molar-refractivity contribution in [2.24, 2.45) is 0 Å². The number of allylic oxidation sites excluding steroid dienone is 3. The highest BCUT2D eigenvalue weighted by Crippen LogP contribution is 2.45. The predicted molar refractivity (Wildman–Crippen MR) is 143 cm³/mol. The fourth-order valence-electron chi connectivity index (χ4n) is 4.68. The summed E-state index contributed by atoms with van der Waals surface area (Å²) in [6.07, 6.45) is 4.73. The number of nitrogens with zero attached hydrogens (tertiary/aromatic N) is 1. The van der Waals surface area contributed by atoms with Crippen LogP contribution in [0.25, 0.3) is 11.1 Å². The topological polar surface area (TPSA) is 70.4 Å². The van der Waals surface area contributed by atoms with Crippen molar-refractivity contribution in [3.63, 3.8) is 0 Å². The number of benzene rings is 2. The molecule has 0 bridgehead atoms. The quantitative estimate of drug-likeness (QED) is 0.350. The Balaban J connectivity index is 1.66. The van der Waals surface area contributed by atoms with Gasteiger partial charge in [0, 0.05) is 7.05 Å². The first kappa shape index (κ1) is 25.9. The third-order valence-corrected chi connectivity index (χ3v) is 6.69. The molecule has 37 heavy (non-hydrogen) atoms. The summed E-state index contributed by atoms with van der Waals surface area (Å²) in [6, 6.07) is 13.6. The highest BCUT2D eigenvalue weighted by Gasteiger charge is 2.27. The molecule has 0 fully saturated rings. The molecule has 7 heteroatoms. The van der Waals surface area contributed by atoms with Gasteiger partial charge >= 0.3 is 0 Å². The van der Waals surface area contributed by atoms with Gasteiger partial charge in [-0.25, -0.2) is 0 Å². The van der Waals surface area contributed by atoms with Crippen molar-refractivity contribution in [1.82, 2.24) is 4.90 Å². The van der Waals surface area contributed by atoms with E-state index in [2.05, 4.69) is 19.1 Å². The van der Waals surface area contributed by atoms with Crippen LogP contribution in [-0.2, 0) is 17.8 Å². The Morgan fingerprint density at radius 3 is 2.27 bits per heavy atom. The highest BCUT2D eigenvalue weighted by atomic mass is 16.5. The van der Waals surface area contributed by atoms with Gasteiger partial charge in [-0.3, -0.25) is 4.79 Å². The third-order valence-electron chi connectivity index (χ3n) is 6.69. The number of ether oxygens (including phenoxy) is 4. The molecule has 7 nitrogen and oxygen atoms in total. The second kappa shape index (κ2) is 11.3. The van der Waals surface area contributed by atoms with E-state index in [1.807, 2.05) is 36.4 Å². The lowest BCUT2D eigenvalue weighted by Crippen LogP contribution is -2.26. The van der Waals surface area contributed by atoms with Crippen molar-refractivity contribution in [1.29, 1.82) is 0 Å². The van der Waals surface area contributed by atoms with E-state index in [9.17, 15) is 4.79 Å². The van der Waals surface area contributed by atoms with Crippen molar-refractivity contribution in [3.05, 3.63) is 82.8 Å². The van der Waals surface area contributed by atoms with Gasteiger partial charge in [-0.1, -0.05) is 12.1 Å². The van der Waals surface area contributed by atoms with Gasteiger partial charge in [-0.15, -0.1) is 0 Å². The van der Waals surface area contributed by atoms with Crippen molar-refractivity contribution in [2.75, 3.05) is 35.5 Å². The zero-order chi connectivity index (χ0) is 26.5. The molecule has 4 rings (SSSR count). The fraction of sp³-hybridized carbons (Fsp3) is 0.300. The van der Waals surface area contributed by atoms with E-state index in [1.54, 1.807) is 46.6 Å². The second-order valence-corrected chi connectivity index (χ2v) is 8.88. The Morgan fingerprint density at radius 1 is 0.946 bits per heavy atom. The molecule has 0 unspecified atom stereocenters. The largest absolute Gasteiger partial charge is 0.497 e. The van der Waals surface area contributed by atoms with Crippen molar-refractivity contribution >= 4 is 17.1 Å². The van der Waals surface area contributed by atoms with Crippen LogP contribution in [0.4, 0.5) is 0 Å². The number of amides is 1. The van der Waals surface area contributed by atoms with Crippen LogP contribution >= 0.6 is 0 Å². The van der Waals surface area contributed by atoms with Crippen LogP contribution in [0.2, 0.25) is 0 Å². The number of furan rings is 1. The number of methoxy groups -OCH3 is 4. The summed E-state index contributed by atoms with van der Waals surface area (Å²) in [4.78, 5) is 14.9. The van der Waals surface area contributed by atoms with E-state index in [1.165, 1.54) is 0 Å². The average molecular weight is 504 g/mol. The number of carbonyl (C=O) groups excluding carboxylic acids is 1. The van der Waals surface area contributed by atoms with Gasteiger partial charge in [-0.05, 0) is 83.2 Å². The maximum absolute atomic E-state index is 13.2. The Morgan fingerprint density at radius 2 is 1.68 bits per heavy atom. The number of rotatable bonds is 10. The van der Waals surface area contributed by atoms with Gasteiger partial charge in [0.2, 0.25) is 11.7 Å². The first-order valence-electron chi connectivity index (χ1n) is 12.0. The van der Waals surface area contributed by atoms with Gasteiger partial charge in [0.25, 0.3) is 0 Å². The molecule has 1 aliphatic carbocycles. The first-order chi connectivity index (χ1) is 17.9. The lowest BCUT2D eigenvalue weighted by Gasteiger charge is -2.17. The minimum Gasteiger partial charge on any atom is -0.497 e. The number of hydrogen-bond donors (Lipinski definition) is 0. The molecule has 1 amide bonds. The van der Waals surface area contributed by atoms with E-state index in [0.717, 1.165) is 44.9 Å². The van der Waals surface area contributed by atoms with Crippen molar-refractivity contribution in [3.8, 4) is 23.0 Å². The Kier molecular flexibility index (Phi) is 7.92. The highest BCUT2D eigenvalue weighted by molar-refractivity contribution is 6.04. The average Bonchev–Trinajstić information content (AvgIpc) is 3.52. The van der Waals surface area contributed by atoms with Gasteiger partial charge in [-0.2, -0.15) is 0 Å². The number of hydrogen-bond acceptors (Lipinski definition) is 6. The van der Waals surface area contributed by atoms with E-state index in [4.69, 9.17) is 23.4 Å². The summed E-state index contributed by atoms with van der Waals surface area (Å²) in [6.45, 7) is 2.50. The van der Waals surface area contributed by atoms with Crippen LogP contribution in [0.15, 0.2) is 64.8 Å². The van der Waals surface area contributed by atoms with Crippen molar-refractivity contribution in [2.45, 2.75) is 26.3 Å². The Bertz CT molecular complexity index is 1310. The zero-order valence-corrected chi connectivity index (χ0v) is 22.2. The molecule has 1 heterocycles. The maximum Gasteiger partial charge on any atom is 0.227 e. The lowest BCUT2D eigenvalue weighted by molar-refractivity contribution is -0.129. The number of carbonyl (C=O) groups is 1. The summed E-state index contributed by atoms with van der Waals surface area (Å²) in [7, 11) is 8.26. The molecule has 0 saturated heterocycles. The van der Waals surface area contributed by atoms with Crippen LogP contribution in [0.3, 0.4) is 0 Å². The monoisotopic (exact) mass is 503 g/mol. The molecule has 0 aliphatic heterocycles. The van der Waals surface area contributed by atoms with Crippen LogP contribution in [0.1, 0.15) is 35.8 Å². The first-order valence-corrected chi connectivity index (χ1v) is 12.0. The smallest absolute Gasteiger partial charge is 0.227 e. The van der Waals surface area contributed by atoms with Gasteiger partial charge in [0.15, 0.2) is 11.5 Å². The summed E-state index contributed by atoms with van der Waals surface area (Å²) >= 11 is 0. The molecule has 0 spiro atoms. The summed E-state index contributed by atoms with van der Waals surface area (Å²) < 4.78 is 27.4. The molecular formula is C30H33NO6. The van der Waals surface area contributed by atoms with E-state index < -0.39 is 0 Å². The second-order valence-electron chi connectivity index (χ2n) is 8.88. The van der Waals surface area contributed by atoms with E-state index in [-0.39, 0.29) is 12.3 Å². The van der Waals surface area contributed by atoms with E-state index in [0.29, 0.717) is 30.2 Å². The normalized spacial score (nSPS) is 13.5. The molecule has 1 aliphatic rings. The van der Waals surface area contributed by atoms with Gasteiger partial charge in [0.1, 0.15) is 11.5 Å². The Labute approximate surface area is 217 Å². The molecule has 0 N–H and O–H groups in total. The number of fused-ring (bicyclic) bond motifs is 1. The summed E-state index contributed by atoms with van der Waals surface area (Å²) in [5.74, 6) is 3.32. The van der Waals surface area contributed by atoms with Gasteiger partial charge < -0.3 is 28.3 Å².